The lowest BCUT2D eigenvalue weighted by Crippen LogP contribution is -2.31. The van der Waals surface area contributed by atoms with E-state index in [4.69, 9.17) is 11.6 Å². The van der Waals surface area contributed by atoms with Crippen LogP contribution in [0.3, 0.4) is 0 Å². The number of fused-ring (bicyclic) bond motifs is 1. The second-order valence-corrected chi connectivity index (χ2v) is 6.53. The number of H-pyrrole nitrogens is 1. The van der Waals surface area contributed by atoms with Crippen LogP contribution in [0.4, 0.5) is 5.95 Å². The van der Waals surface area contributed by atoms with Crippen molar-refractivity contribution < 1.29 is 5.11 Å². The summed E-state index contributed by atoms with van der Waals surface area (Å²) in [5, 5.41) is 10.0. The van der Waals surface area contributed by atoms with E-state index in [1.807, 2.05) is 0 Å². The number of aliphatic hydroxyl groups excluding tert-OH is 1. The summed E-state index contributed by atoms with van der Waals surface area (Å²) in [4.78, 5) is 33.2. The third-order valence-corrected chi connectivity index (χ3v) is 4.80. The summed E-state index contributed by atoms with van der Waals surface area (Å²) in [5.41, 5.74) is -0.383. The van der Waals surface area contributed by atoms with E-state index in [0.29, 0.717) is 17.1 Å². The minimum absolute atomic E-state index is 0.0583. The highest BCUT2D eigenvalue weighted by Crippen LogP contribution is 2.23. The van der Waals surface area contributed by atoms with Crippen molar-refractivity contribution in [1.82, 2.24) is 19.1 Å². The Morgan fingerprint density at radius 2 is 1.92 bits per heavy atom. The lowest BCUT2D eigenvalue weighted by Gasteiger charge is -2.23. The molecule has 0 unspecified atom stereocenters. The Labute approximate surface area is 143 Å². The Hall–Kier alpha value is -1.80. The highest BCUT2D eigenvalue weighted by Gasteiger charge is 2.23. The fraction of sp³-hybridized carbons (Fsp3) is 0.667. The Balaban J connectivity index is 2.20. The first-order chi connectivity index (χ1) is 11.5. The minimum atomic E-state index is -0.800. The summed E-state index contributed by atoms with van der Waals surface area (Å²) in [6.07, 6.45) is 3.64. The number of nitrogens with one attached hydrogen (secondary N) is 1. The van der Waals surface area contributed by atoms with Gasteiger partial charge in [0, 0.05) is 20.1 Å². The van der Waals surface area contributed by atoms with Crippen LogP contribution in [0.2, 0.25) is 0 Å². The minimum Gasteiger partial charge on any atom is -0.390 e. The Kier molecular flexibility index (Phi) is 4.96. The second kappa shape index (κ2) is 6.98. The highest BCUT2D eigenvalue weighted by atomic mass is 35.5. The van der Waals surface area contributed by atoms with Gasteiger partial charge < -0.3 is 14.6 Å². The molecule has 1 saturated heterocycles. The molecule has 2 N–H and O–H groups in total. The quantitative estimate of drug-likeness (QED) is 0.774. The summed E-state index contributed by atoms with van der Waals surface area (Å²) in [6.45, 7) is 1.84. The van der Waals surface area contributed by atoms with Crippen molar-refractivity contribution in [2.24, 2.45) is 7.05 Å². The number of aryl methyl sites for hydroxylation is 1. The first-order valence-corrected chi connectivity index (χ1v) is 8.75. The Bertz CT molecular complexity index is 832. The molecule has 0 radical (unpaired) electrons. The van der Waals surface area contributed by atoms with E-state index < -0.39 is 17.4 Å². The number of rotatable bonds is 4. The molecule has 0 amide bonds. The summed E-state index contributed by atoms with van der Waals surface area (Å²) < 4.78 is 3.01. The zero-order chi connectivity index (χ0) is 17.3. The normalized spacial score (nSPS) is 17.2. The van der Waals surface area contributed by atoms with E-state index in [2.05, 4.69) is 14.9 Å². The average molecular weight is 356 g/mol. The maximum atomic E-state index is 12.3. The Morgan fingerprint density at radius 3 is 2.54 bits per heavy atom. The van der Waals surface area contributed by atoms with Gasteiger partial charge in [-0.2, -0.15) is 4.98 Å². The maximum absolute atomic E-state index is 12.3. The van der Waals surface area contributed by atoms with Crippen molar-refractivity contribution in [3.63, 3.8) is 0 Å². The van der Waals surface area contributed by atoms with Crippen molar-refractivity contribution in [2.75, 3.05) is 23.9 Å². The van der Waals surface area contributed by atoms with E-state index in [1.54, 1.807) is 11.6 Å². The predicted octanol–water partition coefficient (Wildman–Crippen LogP) is 0.403. The highest BCUT2D eigenvalue weighted by molar-refractivity contribution is 6.18. The predicted molar refractivity (Wildman–Crippen MR) is 93.0 cm³/mol. The number of halogens is 1. The van der Waals surface area contributed by atoms with Gasteiger partial charge >= 0.3 is 5.69 Å². The molecule has 9 heteroatoms. The molecular weight excluding hydrogens is 334 g/mol. The summed E-state index contributed by atoms with van der Waals surface area (Å²) >= 11 is 5.74. The zero-order valence-electron chi connectivity index (χ0n) is 13.7. The molecule has 8 nitrogen and oxygen atoms in total. The van der Waals surface area contributed by atoms with E-state index in [-0.39, 0.29) is 12.4 Å². The van der Waals surface area contributed by atoms with Gasteiger partial charge in [0.05, 0.1) is 18.5 Å². The smallest absolute Gasteiger partial charge is 0.329 e. The van der Waals surface area contributed by atoms with Gasteiger partial charge in [-0.05, 0) is 12.8 Å². The standard InChI is InChI=1S/C15H22ClN5O3/c1-19-12-11(13(23)18-15(19)24)21(9-10(22)8-16)14(17-12)20-6-4-2-3-5-7-20/h10,22H,2-9H2,1H3,(H,18,23,24)/t10-/m0/s1. The molecule has 24 heavy (non-hydrogen) atoms. The molecule has 0 saturated carbocycles. The van der Waals surface area contributed by atoms with Crippen LogP contribution in [-0.4, -0.2) is 49.3 Å². The van der Waals surface area contributed by atoms with Crippen LogP contribution in [0.15, 0.2) is 9.59 Å². The number of aromatic nitrogens is 4. The molecule has 2 aromatic rings. The van der Waals surface area contributed by atoms with Crippen molar-refractivity contribution in [1.29, 1.82) is 0 Å². The van der Waals surface area contributed by atoms with Gasteiger partial charge in [0.2, 0.25) is 5.95 Å². The van der Waals surface area contributed by atoms with Gasteiger partial charge in [-0.15, -0.1) is 11.6 Å². The molecule has 0 spiro atoms. The molecule has 0 aliphatic carbocycles. The second-order valence-electron chi connectivity index (χ2n) is 6.22. The van der Waals surface area contributed by atoms with E-state index in [9.17, 15) is 14.7 Å². The molecule has 1 aliphatic heterocycles. The molecule has 0 aromatic carbocycles. The van der Waals surface area contributed by atoms with Gasteiger partial charge in [-0.1, -0.05) is 12.8 Å². The largest absolute Gasteiger partial charge is 0.390 e. The molecule has 1 aliphatic rings. The van der Waals surface area contributed by atoms with Crippen LogP contribution in [0.25, 0.3) is 11.2 Å². The lowest BCUT2D eigenvalue weighted by atomic mass is 10.2. The average Bonchev–Trinajstić information content (AvgIpc) is 2.74. The first-order valence-electron chi connectivity index (χ1n) is 8.21. The van der Waals surface area contributed by atoms with Crippen molar-refractivity contribution >= 4 is 28.7 Å². The van der Waals surface area contributed by atoms with Crippen molar-refractivity contribution in [3.8, 4) is 0 Å². The van der Waals surface area contributed by atoms with Crippen LogP contribution < -0.4 is 16.1 Å². The summed E-state index contributed by atoms with van der Waals surface area (Å²) in [6, 6.07) is 0. The van der Waals surface area contributed by atoms with Crippen LogP contribution in [0.5, 0.6) is 0 Å². The van der Waals surface area contributed by atoms with Gasteiger partial charge in [-0.25, -0.2) is 4.79 Å². The third kappa shape index (κ3) is 3.08. The topological polar surface area (TPSA) is 96.1 Å². The zero-order valence-corrected chi connectivity index (χ0v) is 14.4. The number of aliphatic hydroxyl groups is 1. The molecule has 1 atom stereocenters. The molecule has 132 valence electrons. The molecule has 3 heterocycles. The lowest BCUT2D eigenvalue weighted by molar-refractivity contribution is 0.178. The monoisotopic (exact) mass is 355 g/mol. The fourth-order valence-electron chi connectivity index (χ4n) is 3.17. The third-order valence-electron chi connectivity index (χ3n) is 4.45. The number of imidazole rings is 1. The van der Waals surface area contributed by atoms with Crippen LogP contribution >= 0.6 is 11.6 Å². The van der Waals surface area contributed by atoms with Gasteiger partial charge in [0.25, 0.3) is 5.56 Å². The summed E-state index contributed by atoms with van der Waals surface area (Å²) in [5.74, 6) is 0.672. The SMILES string of the molecule is Cn1c(=O)[nH]c(=O)c2c1nc(N1CCCCCC1)n2C[C@@H](O)CCl. The van der Waals surface area contributed by atoms with Gasteiger partial charge in [-0.3, -0.25) is 14.3 Å². The fourth-order valence-corrected chi connectivity index (χ4v) is 3.27. The van der Waals surface area contributed by atoms with Gasteiger partial charge in [0.1, 0.15) is 0 Å². The van der Waals surface area contributed by atoms with E-state index in [1.165, 1.54) is 17.4 Å². The molecule has 2 aromatic heterocycles. The maximum Gasteiger partial charge on any atom is 0.329 e. The number of aromatic amines is 1. The number of hydrogen-bond acceptors (Lipinski definition) is 5. The number of anilines is 1. The van der Waals surface area contributed by atoms with Crippen LogP contribution in [-0.2, 0) is 13.6 Å². The first kappa shape index (κ1) is 17.0. The van der Waals surface area contributed by atoms with E-state index >= 15 is 0 Å². The number of alkyl halides is 1. The number of hydrogen-bond donors (Lipinski definition) is 2. The van der Waals surface area contributed by atoms with Crippen molar-refractivity contribution in [3.05, 3.63) is 20.8 Å². The summed E-state index contributed by atoms with van der Waals surface area (Å²) in [7, 11) is 1.57. The molecule has 3 rings (SSSR count). The van der Waals surface area contributed by atoms with Crippen LogP contribution in [0, 0.1) is 0 Å². The molecular formula is C15H22ClN5O3. The Morgan fingerprint density at radius 1 is 1.25 bits per heavy atom. The molecule has 0 bridgehead atoms. The van der Waals surface area contributed by atoms with Crippen molar-refractivity contribution in [2.45, 2.75) is 38.3 Å². The number of nitrogens with zero attached hydrogens (tertiary/aromatic N) is 4. The van der Waals surface area contributed by atoms with Crippen LogP contribution in [0.1, 0.15) is 25.7 Å². The van der Waals surface area contributed by atoms with E-state index in [0.717, 1.165) is 25.9 Å². The van der Waals surface area contributed by atoms with Gasteiger partial charge in [0.15, 0.2) is 11.2 Å². The molecule has 1 fully saturated rings.